The van der Waals surface area contributed by atoms with Crippen LogP contribution in [-0.2, 0) is 19.1 Å². The molecule has 10 nitrogen and oxygen atoms in total. The van der Waals surface area contributed by atoms with Crippen molar-refractivity contribution >= 4 is 5.97 Å². The molecule has 0 aromatic carbocycles. The quantitative estimate of drug-likeness (QED) is 0.628. The lowest BCUT2D eigenvalue weighted by atomic mass is 9.92. The number of carbonyl (C=O) groups excluding carboxylic acids is 1. The van der Waals surface area contributed by atoms with Crippen molar-refractivity contribution in [2.45, 2.75) is 38.3 Å². The molecule has 2 N–H and O–H groups in total. The monoisotopic (exact) mass is 355 g/mol. The van der Waals surface area contributed by atoms with Gasteiger partial charge in [-0.2, -0.15) is 5.06 Å². The lowest BCUT2D eigenvalue weighted by Gasteiger charge is -2.23. The number of aromatic nitrogens is 2. The Morgan fingerprint density at radius 2 is 2.16 bits per heavy atom. The number of aliphatic hydroxyl groups is 1. The van der Waals surface area contributed by atoms with Crippen molar-refractivity contribution in [2.75, 3.05) is 20.3 Å². The fraction of sp³-hybridized carbons (Fsp3) is 0.667. The van der Waals surface area contributed by atoms with E-state index >= 15 is 0 Å². The molecule has 10 heteroatoms. The van der Waals surface area contributed by atoms with Crippen molar-refractivity contribution in [1.82, 2.24) is 14.6 Å². The van der Waals surface area contributed by atoms with Crippen LogP contribution in [-0.4, -0.2) is 64.2 Å². The van der Waals surface area contributed by atoms with Crippen LogP contribution in [0.2, 0.25) is 0 Å². The topological polar surface area (TPSA) is 123 Å². The Kier molecular flexibility index (Phi) is 4.78. The molecule has 1 aromatic rings. The van der Waals surface area contributed by atoms with Gasteiger partial charge in [-0.15, -0.1) is 0 Å². The van der Waals surface area contributed by atoms with Crippen molar-refractivity contribution < 1.29 is 24.2 Å². The molecule has 2 aliphatic rings. The lowest BCUT2D eigenvalue weighted by Crippen LogP contribution is -2.40. The van der Waals surface area contributed by atoms with Crippen molar-refractivity contribution in [3.8, 4) is 0 Å². The summed E-state index contributed by atoms with van der Waals surface area (Å²) in [7, 11) is 1.63. The highest BCUT2D eigenvalue weighted by molar-refractivity contribution is 5.75. The second kappa shape index (κ2) is 6.71. The third kappa shape index (κ3) is 2.91. The first-order chi connectivity index (χ1) is 11.9. The zero-order chi connectivity index (χ0) is 18.3. The number of nitrogens with zero attached hydrogens (tertiary/aromatic N) is 2. The summed E-state index contributed by atoms with van der Waals surface area (Å²) in [5.41, 5.74) is -0.821. The van der Waals surface area contributed by atoms with Crippen LogP contribution in [0.3, 0.4) is 0 Å². The first kappa shape index (κ1) is 17.8. The number of rotatable bonds is 4. The van der Waals surface area contributed by atoms with Gasteiger partial charge in [-0.1, -0.05) is 0 Å². The van der Waals surface area contributed by atoms with Crippen molar-refractivity contribution in [3.05, 3.63) is 32.6 Å². The number of aromatic amines is 1. The molecule has 0 aliphatic carbocycles. The summed E-state index contributed by atoms with van der Waals surface area (Å²) in [5, 5.41) is 11.1. The second-order valence-corrected chi connectivity index (χ2v) is 6.12. The zero-order valence-electron chi connectivity index (χ0n) is 14.2. The third-order valence-corrected chi connectivity index (χ3v) is 4.59. The Labute approximate surface area is 142 Å². The second-order valence-electron chi connectivity index (χ2n) is 6.12. The number of aliphatic hydroxyl groups excluding tert-OH is 1. The van der Waals surface area contributed by atoms with E-state index in [2.05, 4.69) is 4.98 Å². The Balaban J connectivity index is 2.04. The molecular weight excluding hydrogens is 334 g/mol. The molecule has 2 saturated heterocycles. The minimum atomic E-state index is -0.976. The number of esters is 1. The van der Waals surface area contributed by atoms with Gasteiger partial charge in [0, 0.05) is 18.8 Å². The number of ether oxygens (including phenoxy) is 2. The van der Waals surface area contributed by atoms with Gasteiger partial charge in [0.05, 0.1) is 25.2 Å². The summed E-state index contributed by atoms with van der Waals surface area (Å²) in [6.45, 7) is 3.12. The highest BCUT2D eigenvalue weighted by Crippen LogP contribution is 2.44. The van der Waals surface area contributed by atoms with Crippen LogP contribution in [0.15, 0.2) is 15.8 Å². The van der Waals surface area contributed by atoms with Crippen LogP contribution >= 0.6 is 0 Å². The van der Waals surface area contributed by atoms with Gasteiger partial charge >= 0.3 is 11.7 Å². The van der Waals surface area contributed by atoms with Crippen molar-refractivity contribution in [2.24, 2.45) is 5.92 Å². The van der Waals surface area contributed by atoms with Crippen LogP contribution in [0.25, 0.3) is 0 Å². The molecule has 5 atom stereocenters. The zero-order valence-corrected chi connectivity index (χ0v) is 14.2. The number of aryl methyl sites for hydroxylation is 1. The minimum Gasteiger partial charge on any atom is -0.464 e. The molecule has 3 rings (SSSR count). The van der Waals surface area contributed by atoms with Gasteiger partial charge in [0.2, 0.25) is 0 Å². The van der Waals surface area contributed by atoms with E-state index in [0.29, 0.717) is 5.56 Å². The van der Waals surface area contributed by atoms with E-state index in [9.17, 15) is 19.5 Å². The number of hydroxylamine groups is 2. The predicted molar refractivity (Wildman–Crippen MR) is 83.6 cm³/mol. The van der Waals surface area contributed by atoms with Crippen molar-refractivity contribution in [1.29, 1.82) is 0 Å². The Morgan fingerprint density at radius 1 is 1.44 bits per heavy atom. The fourth-order valence-electron chi connectivity index (χ4n) is 3.49. The normalized spacial score (nSPS) is 31.9. The van der Waals surface area contributed by atoms with E-state index in [-0.39, 0.29) is 13.2 Å². The average molecular weight is 355 g/mol. The molecule has 25 heavy (non-hydrogen) atoms. The fourth-order valence-corrected chi connectivity index (χ4v) is 3.49. The van der Waals surface area contributed by atoms with Gasteiger partial charge in [-0.05, 0) is 13.8 Å². The summed E-state index contributed by atoms with van der Waals surface area (Å²) >= 11 is 0. The third-order valence-electron chi connectivity index (χ3n) is 4.59. The highest BCUT2D eigenvalue weighted by atomic mass is 16.7. The molecule has 138 valence electrons. The van der Waals surface area contributed by atoms with E-state index < -0.39 is 47.6 Å². The molecule has 3 heterocycles. The predicted octanol–water partition coefficient (Wildman–Crippen LogP) is -1.47. The van der Waals surface area contributed by atoms with Crippen LogP contribution in [0.4, 0.5) is 0 Å². The molecule has 0 saturated carbocycles. The molecule has 0 unspecified atom stereocenters. The maximum atomic E-state index is 12.3. The smallest absolute Gasteiger partial charge is 0.337 e. The van der Waals surface area contributed by atoms with Gasteiger partial charge in [0.15, 0.2) is 6.10 Å². The van der Waals surface area contributed by atoms with Gasteiger partial charge in [0.25, 0.3) is 5.56 Å². The molecule has 2 fully saturated rings. The maximum Gasteiger partial charge on any atom is 0.337 e. The largest absolute Gasteiger partial charge is 0.464 e. The summed E-state index contributed by atoms with van der Waals surface area (Å²) in [6, 6.07) is -0.441. The molecule has 2 aliphatic heterocycles. The molecule has 0 radical (unpaired) electrons. The van der Waals surface area contributed by atoms with E-state index in [4.69, 9.17) is 14.3 Å². The molecule has 0 amide bonds. The first-order valence-corrected chi connectivity index (χ1v) is 8.03. The minimum absolute atomic E-state index is 0.187. The number of fused-ring (bicyclic) bond motifs is 1. The number of H-pyrrole nitrogens is 1. The Hall–Kier alpha value is -2.01. The van der Waals surface area contributed by atoms with E-state index in [1.807, 2.05) is 0 Å². The summed E-state index contributed by atoms with van der Waals surface area (Å²) in [5.74, 6) is -1.15. The maximum absolute atomic E-state index is 12.3. The van der Waals surface area contributed by atoms with Gasteiger partial charge in [-0.25, -0.2) is 9.59 Å². The number of hydrogen-bond donors (Lipinski definition) is 2. The Bertz CT molecular complexity index is 773. The number of nitrogens with one attached hydrogen (secondary N) is 1. The number of likely N-dealkylation sites (N-methyl/N-ethyl adjacent to an activating group) is 1. The molecule has 0 spiro atoms. The van der Waals surface area contributed by atoms with Gasteiger partial charge < -0.3 is 14.6 Å². The summed E-state index contributed by atoms with van der Waals surface area (Å²) < 4.78 is 12.1. The van der Waals surface area contributed by atoms with Crippen LogP contribution in [0.5, 0.6) is 0 Å². The molecule has 1 aromatic heterocycles. The van der Waals surface area contributed by atoms with Crippen LogP contribution in [0.1, 0.15) is 18.7 Å². The molecular formula is C15H21N3O7. The summed E-state index contributed by atoms with van der Waals surface area (Å²) in [4.78, 5) is 43.9. The van der Waals surface area contributed by atoms with E-state index in [0.717, 1.165) is 0 Å². The lowest BCUT2D eigenvalue weighted by molar-refractivity contribution is -0.200. The molecule has 0 bridgehead atoms. The van der Waals surface area contributed by atoms with Crippen molar-refractivity contribution in [3.63, 3.8) is 0 Å². The van der Waals surface area contributed by atoms with Crippen LogP contribution < -0.4 is 11.2 Å². The Morgan fingerprint density at radius 3 is 2.80 bits per heavy atom. The average Bonchev–Trinajstić information content (AvgIpc) is 3.10. The standard InChI is InChI=1S/C15H21N3O7/c1-4-23-14(21)11-9-10(17(3)25-11)8(6-19)24-13(9)18-5-7(2)12(20)16-15(18)22/h5,8-11,13,19H,4,6H2,1-3H3,(H,16,20,22)/t8-,9+,10-,11+,13-/m1/s1. The highest BCUT2D eigenvalue weighted by Gasteiger charge is 2.59. The van der Waals surface area contributed by atoms with Crippen LogP contribution in [0, 0.1) is 12.8 Å². The van der Waals surface area contributed by atoms with E-state index in [1.165, 1.54) is 15.8 Å². The van der Waals surface area contributed by atoms with Gasteiger partial charge in [0.1, 0.15) is 12.3 Å². The first-order valence-electron chi connectivity index (χ1n) is 8.03. The number of hydrogen-bond acceptors (Lipinski definition) is 8. The van der Waals surface area contributed by atoms with E-state index in [1.54, 1.807) is 20.9 Å². The number of carbonyl (C=O) groups is 1. The SMILES string of the molecule is CCOC(=O)[C@H]1ON(C)[C@H]2[C@@H]1[C@H](n1cc(C)c(=O)[nH]c1=O)O[C@@H]2CO. The summed E-state index contributed by atoms with van der Waals surface area (Å²) in [6.07, 6.45) is -1.14. The van der Waals surface area contributed by atoms with Gasteiger partial charge in [-0.3, -0.25) is 19.2 Å².